The number of carbonyl (C=O) groups excluding carboxylic acids is 1. The summed E-state index contributed by atoms with van der Waals surface area (Å²) in [4.78, 5) is 11.1. The van der Waals surface area contributed by atoms with Crippen LogP contribution in [0.5, 0.6) is 0 Å². The van der Waals surface area contributed by atoms with Crippen molar-refractivity contribution in [3.8, 4) is 0 Å². The van der Waals surface area contributed by atoms with E-state index in [2.05, 4.69) is 6.92 Å². The minimum atomic E-state index is -0.369. The van der Waals surface area contributed by atoms with Crippen LogP contribution < -0.4 is 11.5 Å². The molecule has 0 aromatic heterocycles. The van der Waals surface area contributed by atoms with Crippen molar-refractivity contribution < 1.29 is 4.79 Å². The van der Waals surface area contributed by atoms with Gasteiger partial charge in [0.15, 0.2) is 0 Å². The maximum absolute atomic E-state index is 11.1. The molecule has 0 aliphatic heterocycles. The van der Waals surface area contributed by atoms with Gasteiger partial charge in [0.2, 0.25) is 5.91 Å². The van der Waals surface area contributed by atoms with Gasteiger partial charge in [-0.25, -0.2) is 0 Å². The first-order valence-electron chi connectivity index (χ1n) is 4.84. The molecule has 0 fully saturated rings. The van der Waals surface area contributed by atoms with Crippen molar-refractivity contribution in [1.82, 2.24) is 0 Å². The Kier molecular flexibility index (Phi) is 4.65. The fourth-order valence-electron chi connectivity index (χ4n) is 1.19. The summed E-state index contributed by atoms with van der Waals surface area (Å²) in [6, 6.07) is 7.41. The lowest BCUT2D eigenvalue weighted by atomic mass is 10.1. The number of thioether (sulfide) groups is 1. The van der Waals surface area contributed by atoms with Gasteiger partial charge in [0, 0.05) is 23.1 Å². The lowest BCUT2D eigenvalue weighted by molar-refractivity contribution is 0.0999. The van der Waals surface area contributed by atoms with E-state index in [0.29, 0.717) is 17.4 Å². The molecule has 82 valence electrons. The molecule has 4 heteroatoms. The van der Waals surface area contributed by atoms with Crippen molar-refractivity contribution in [3.63, 3.8) is 0 Å². The van der Waals surface area contributed by atoms with Crippen molar-refractivity contribution in [2.75, 3.05) is 6.54 Å². The maximum atomic E-state index is 11.1. The van der Waals surface area contributed by atoms with Crippen molar-refractivity contribution in [2.45, 2.75) is 17.9 Å². The fraction of sp³-hybridized carbons (Fsp3) is 0.364. The van der Waals surface area contributed by atoms with E-state index in [0.717, 1.165) is 11.3 Å². The molecule has 1 aromatic carbocycles. The average Bonchev–Trinajstić information content (AvgIpc) is 2.26. The lowest BCUT2D eigenvalue weighted by Gasteiger charge is -2.10. The first-order chi connectivity index (χ1) is 7.15. The summed E-state index contributed by atoms with van der Waals surface area (Å²) in [5.41, 5.74) is 12.4. The Labute approximate surface area is 94.2 Å². The van der Waals surface area contributed by atoms with E-state index in [1.165, 1.54) is 0 Å². The first-order valence-corrected chi connectivity index (χ1v) is 5.89. The van der Waals surface area contributed by atoms with E-state index in [4.69, 9.17) is 11.5 Å². The van der Waals surface area contributed by atoms with Crippen LogP contribution in [0.3, 0.4) is 0 Å². The Morgan fingerprint density at radius 1 is 1.47 bits per heavy atom. The molecular formula is C11H16N2OS. The third kappa shape index (κ3) is 3.57. The molecule has 3 nitrogen and oxygen atoms in total. The van der Waals surface area contributed by atoms with Crippen LogP contribution >= 0.6 is 11.8 Å². The quantitative estimate of drug-likeness (QED) is 0.793. The molecule has 1 rings (SSSR count). The molecule has 0 saturated heterocycles. The smallest absolute Gasteiger partial charge is 0.249 e. The van der Waals surface area contributed by atoms with Gasteiger partial charge in [0.25, 0.3) is 0 Å². The van der Waals surface area contributed by atoms with Gasteiger partial charge in [-0.3, -0.25) is 4.79 Å². The SMILES string of the molecule is CC(CN)SCc1ccccc1C(N)=O. The Bertz CT molecular complexity index is 341. The number of benzene rings is 1. The predicted molar refractivity (Wildman–Crippen MR) is 64.8 cm³/mol. The minimum absolute atomic E-state index is 0.369. The molecule has 1 amide bonds. The minimum Gasteiger partial charge on any atom is -0.366 e. The van der Waals surface area contributed by atoms with Crippen LogP contribution in [-0.4, -0.2) is 17.7 Å². The Morgan fingerprint density at radius 2 is 2.13 bits per heavy atom. The molecule has 0 bridgehead atoms. The summed E-state index contributed by atoms with van der Waals surface area (Å²) >= 11 is 1.73. The third-order valence-corrected chi connectivity index (χ3v) is 3.38. The highest BCUT2D eigenvalue weighted by Crippen LogP contribution is 2.19. The Morgan fingerprint density at radius 3 is 2.73 bits per heavy atom. The summed E-state index contributed by atoms with van der Waals surface area (Å²) in [6.45, 7) is 2.71. The molecule has 1 unspecified atom stereocenters. The topological polar surface area (TPSA) is 69.1 Å². The summed E-state index contributed by atoms with van der Waals surface area (Å²) < 4.78 is 0. The second kappa shape index (κ2) is 5.78. The molecule has 15 heavy (non-hydrogen) atoms. The molecule has 0 radical (unpaired) electrons. The second-order valence-corrected chi connectivity index (χ2v) is 4.81. The molecule has 1 atom stereocenters. The monoisotopic (exact) mass is 224 g/mol. The number of primary amides is 1. The number of amides is 1. The summed E-state index contributed by atoms with van der Waals surface area (Å²) in [5.74, 6) is 0.406. The molecule has 0 saturated carbocycles. The lowest BCUT2D eigenvalue weighted by Crippen LogP contribution is -2.15. The summed E-state index contributed by atoms with van der Waals surface area (Å²) in [5, 5.41) is 0.394. The molecule has 4 N–H and O–H groups in total. The summed E-state index contributed by atoms with van der Waals surface area (Å²) in [6.07, 6.45) is 0. The van der Waals surface area contributed by atoms with Gasteiger partial charge in [-0.1, -0.05) is 25.1 Å². The van der Waals surface area contributed by atoms with Crippen molar-refractivity contribution in [1.29, 1.82) is 0 Å². The summed E-state index contributed by atoms with van der Waals surface area (Å²) in [7, 11) is 0. The van der Waals surface area contributed by atoms with Crippen LogP contribution in [0.1, 0.15) is 22.8 Å². The van der Waals surface area contributed by atoms with Crippen molar-refractivity contribution in [3.05, 3.63) is 35.4 Å². The van der Waals surface area contributed by atoms with Gasteiger partial charge in [0.1, 0.15) is 0 Å². The third-order valence-electron chi connectivity index (χ3n) is 2.14. The first kappa shape index (κ1) is 12.1. The van der Waals surface area contributed by atoms with E-state index in [1.807, 2.05) is 18.2 Å². The average molecular weight is 224 g/mol. The molecule has 1 aromatic rings. The van der Waals surface area contributed by atoms with Gasteiger partial charge in [0.05, 0.1) is 0 Å². The molecular weight excluding hydrogens is 208 g/mol. The number of hydrogen-bond acceptors (Lipinski definition) is 3. The van der Waals surface area contributed by atoms with Gasteiger partial charge in [-0.15, -0.1) is 0 Å². The van der Waals surface area contributed by atoms with Gasteiger partial charge in [-0.2, -0.15) is 11.8 Å². The van der Waals surface area contributed by atoms with Crippen molar-refractivity contribution in [2.24, 2.45) is 11.5 Å². The number of nitrogens with two attached hydrogens (primary N) is 2. The van der Waals surface area contributed by atoms with Crippen LogP contribution in [0.15, 0.2) is 24.3 Å². The standard InChI is InChI=1S/C11H16N2OS/c1-8(6-12)15-7-9-4-2-3-5-10(9)11(13)14/h2-5,8H,6-7,12H2,1H3,(H2,13,14). The van der Waals surface area contributed by atoms with Crippen LogP contribution in [0, 0.1) is 0 Å². The highest BCUT2D eigenvalue weighted by atomic mass is 32.2. The van der Waals surface area contributed by atoms with Gasteiger partial charge in [-0.05, 0) is 11.6 Å². The molecule has 0 aliphatic rings. The molecule has 0 aliphatic carbocycles. The van der Waals surface area contributed by atoms with Crippen LogP contribution in [0.25, 0.3) is 0 Å². The normalized spacial score (nSPS) is 12.4. The maximum Gasteiger partial charge on any atom is 0.249 e. The zero-order valence-corrected chi connectivity index (χ0v) is 9.59. The van der Waals surface area contributed by atoms with E-state index < -0.39 is 0 Å². The largest absolute Gasteiger partial charge is 0.366 e. The predicted octanol–water partition coefficient (Wildman–Crippen LogP) is 1.37. The van der Waals surface area contributed by atoms with Crippen molar-refractivity contribution >= 4 is 17.7 Å². The Balaban J connectivity index is 2.72. The van der Waals surface area contributed by atoms with Crippen LogP contribution in [-0.2, 0) is 5.75 Å². The molecule has 0 heterocycles. The van der Waals surface area contributed by atoms with Gasteiger partial charge >= 0.3 is 0 Å². The highest BCUT2D eigenvalue weighted by Gasteiger charge is 2.08. The molecule has 0 spiro atoms. The number of rotatable bonds is 5. The van der Waals surface area contributed by atoms with E-state index in [1.54, 1.807) is 17.8 Å². The Hall–Kier alpha value is -1.00. The zero-order chi connectivity index (χ0) is 11.3. The van der Waals surface area contributed by atoms with Crippen LogP contribution in [0.2, 0.25) is 0 Å². The zero-order valence-electron chi connectivity index (χ0n) is 8.77. The highest BCUT2D eigenvalue weighted by molar-refractivity contribution is 7.99. The number of carbonyl (C=O) groups is 1. The number of hydrogen-bond donors (Lipinski definition) is 2. The van der Waals surface area contributed by atoms with Gasteiger partial charge < -0.3 is 11.5 Å². The van der Waals surface area contributed by atoms with E-state index in [9.17, 15) is 4.79 Å². The van der Waals surface area contributed by atoms with E-state index >= 15 is 0 Å². The van der Waals surface area contributed by atoms with E-state index in [-0.39, 0.29) is 5.91 Å². The fourth-order valence-corrected chi connectivity index (χ4v) is 2.04. The second-order valence-electron chi connectivity index (χ2n) is 3.38. The van der Waals surface area contributed by atoms with Crippen LogP contribution in [0.4, 0.5) is 0 Å².